The van der Waals surface area contributed by atoms with Crippen LogP contribution in [-0.2, 0) is 0 Å². The van der Waals surface area contributed by atoms with Gasteiger partial charge in [0.2, 0.25) is 0 Å². The van der Waals surface area contributed by atoms with Crippen molar-refractivity contribution < 1.29 is 0 Å². The molecule has 1 fully saturated rings. The third-order valence-corrected chi connectivity index (χ3v) is 5.22. The van der Waals surface area contributed by atoms with E-state index in [-0.39, 0.29) is 11.1 Å². The summed E-state index contributed by atoms with van der Waals surface area (Å²) in [6, 6.07) is 0.358. The fraction of sp³-hybridized carbons (Fsp3) is 1.00. The zero-order valence-corrected chi connectivity index (χ0v) is 14.8. The molecule has 1 aliphatic rings. The van der Waals surface area contributed by atoms with Crippen LogP contribution in [0.3, 0.4) is 0 Å². The number of nitrogens with zero attached hydrogens (tertiary/aromatic N) is 1. The molecule has 1 aliphatic heterocycles. The van der Waals surface area contributed by atoms with Crippen LogP contribution >= 0.6 is 0 Å². The van der Waals surface area contributed by atoms with Gasteiger partial charge >= 0.3 is 0 Å². The summed E-state index contributed by atoms with van der Waals surface area (Å²) in [6.07, 6.45) is 9.05. The summed E-state index contributed by atoms with van der Waals surface area (Å²) in [5, 5.41) is 0. The van der Waals surface area contributed by atoms with Gasteiger partial charge in [0.15, 0.2) is 0 Å². The Morgan fingerprint density at radius 1 is 1.05 bits per heavy atom. The van der Waals surface area contributed by atoms with Crippen molar-refractivity contribution in [2.75, 3.05) is 6.54 Å². The molecule has 0 saturated carbocycles. The highest BCUT2D eigenvalue weighted by Crippen LogP contribution is 2.38. The maximum Gasteiger partial charge on any atom is 0.0173 e. The molecule has 1 rings (SSSR count). The molecule has 0 bridgehead atoms. The van der Waals surface area contributed by atoms with Gasteiger partial charge in [-0.25, -0.2) is 0 Å². The van der Waals surface area contributed by atoms with Gasteiger partial charge in [0.25, 0.3) is 0 Å². The largest absolute Gasteiger partial charge is 0.328 e. The Bertz CT molecular complexity index is 265. The number of unbranched alkanes of at least 4 members (excludes halogenated alkanes) is 2. The third kappa shape index (κ3) is 4.73. The molecule has 2 nitrogen and oxygen atoms in total. The SMILES string of the molecule is CCCCCC(CC)CN1C(C)(C)CC(N)CC1(C)C. The number of rotatable bonds is 7. The summed E-state index contributed by atoms with van der Waals surface area (Å²) >= 11 is 0. The van der Waals surface area contributed by atoms with Gasteiger partial charge in [0.05, 0.1) is 0 Å². The van der Waals surface area contributed by atoms with Crippen LogP contribution in [0.4, 0.5) is 0 Å². The minimum Gasteiger partial charge on any atom is -0.328 e. The minimum atomic E-state index is 0.235. The van der Waals surface area contributed by atoms with Crippen molar-refractivity contribution in [2.45, 2.75) is 104 Å². The van der Waals surface area contributed by atoms with Crippen LogP contribution in [0.5, 0.6) is 0 Å². The highest BCUT2D eigenvalue weighted by molar-refractivity contribution is 5.01. The van der Waals surface area contributed by atoms with E-state index in [0.29, 0.717) is 6.04 Å². The Morgan fingerprint density at radius 2 is 1.60 bits per heavy atom. The zero-order valence-electron chi connectivity index (χ0n) is 14.8. The molecular weight excluding hydrogens is 244 g/mol. The van der Waals surface area contributed by atoms with Gasteiger partial charge in [-0.15, -0.1) is 0 Å². The number of hydrogen-bond donors (Lipinski definition) is 1. The Morgan fingerprint density at radius 3 is 2.05 bits per heavy atom. The van der Waals surface area contributed by atoms with Gasteiger partial charge in [-0.1, -0.05) is 39.5 Å². The van der Waals surface area contributed by atoms with Crippen LogP contribution in [0, 0.1) is 5.92 Å². The molecule has 0 amide bonds. The van der Waals surface area contributed by atoms with Gasteiger partial charge in [0, 0.05) is 23.7 Å². The van der Waals surface area contributed by atoms with Crippen molar-refractivity contribution in [3.05, 3.63) is 0 Å². The lowest BCUT2D eigenvalue weighted by molar-refractivity contribution is -0.0464. The smallest absolute Gasteiger partial charge is 0.0173 e. The first-order valence-electron chi connectivity index (χ1n) is 8.76. The molecular formula is C18H38N2. The molecule has 120 valence electrons. The topological polar surface area (TPSA) is 29.3 Å². The Hall–Kier alpha value is -0.0800. The standard InChI is InChI=1S/C18H38N2/c1-7-9-10-11-15(8-2)14-20-17(3,4)12-16(19)13-18(20,5)6/h15-16H,7-14,19H2,1-6H3. The average Bonchev–Trinajstić information content (AvgIpc) is 2.29. The third-order valence-electron chi connectivity index (χ3n) is 5.22. The van der Waals surface area contributed by atoms with Gasteiger partial charge in [-0.05, 0) is 52.9 Å². The molecule has 0 aromatic heterocycles. The summed E-state index contributed by atoms with van der Waals surface area (Å²) in [4.78, 5) is 2.75. The Balaban J connectivity index is 2.70. The molecule has 0 spiro atoms. The molecule has 1 saturated heterocycles. The number of hydrogen-bond acceptors (Lipinski definition) is 2. The lowest BCUT2D eigenvalue weighted by atomic mass is 9.76. The quantitative estimate of drug-likeness (QED) is 0.693. The van der Waals surface area contributed by atoms with Gasteiger partial charge in [-0.2, -0.15) is 0 Å². The Labute approximate surface area is 127 Å². The first-order chi connectivity index (χ1) is 9.23. The van der Waals surface area contributed by atoms with E-state index >= 15 is 0 Å². The summed E-state index contributed by atoms with van der Waals surface area (Å²) in [7, 11) is 0. The van der Waals surface area contributed by atoms with Crippen LogP contribution in [-0.4, -0.2) is 28.6 Å². The van der Waals surface area contributed by atoms with Gasteiger partial charge < -0.3 is 5.73 Å². The maximum absolute atomic E-state index is 6.28. The molecule has 2 N–H and O–H groups in total. The lowest BCUT2D eigenvalue weighted by Crippen LogP contribution is -2.64. The molecule has 0 radical (unpaired) electrons. The lowest BCUT2D eigenvalue weighted by Gasteiger charge is -2.55. The van der Waals surface area contributed by atoms with Crippen molar-refractivity contribution in [1.29, 1.82) is 0 Å². The molecule has 0 aromatic carbocycles. The molecule has 1 unspecified atom stereocenters. The molecule has 1 heterocycles. The van der Waals surface area contributed by atoms with Crippen molar-refractivity contribution in [1.82, 2.24) is 4.90 Å². The second kappa shape index (κ2) is 7.26. The van der Waals surface area contributed by atoms with Crippen LogP contribution in [0.25, 0.3) is 0 Å². The molecule has 1 atom stereocenters. The molecule has 20 heavy (non-hydrogen) atoms. The van der Waals surface area contributed by atoms with E-state index in [9.17, 15) is 0 Å². The van der Waals surface area contributed by atoms with Crippen LogP contribution in [0.1, 0.15) is 86.5 Å². The molecule has 0 aromatic rings. The number of piperidine rings is 1. The zero-order chi connectivity index (χ0) is 15.4. The van der Waals surface area contributed by atoms with Crippen molar-refractivity contribution in [2.24, 2.45) is 11.7 Å². The van der Waals surface area contributed by atoms with Crippen LogP contribution in [0.15, 0.2) is 0 Å². The highest BCUT2D eigenvalue weighted by atomic mass is 15.3. The minimum absolute atomic E-state index is 0.235. The summed E-state index contributed by atoms with van der Waals surface area (Å²) < 4.78 is 0. The van der Waals surface area contributed by atoms with Crippen molar-refractivity contribution in [3.8, 4) is 0 Å². The van der Waals surface area contributed by atoms with Crippen molar-refractivity contribution in [3.63, 3.8) is 0 Å². The highest BCUT2D eigenvalue weighted by Gasteiger charge is 2.44. The molecule has 0 aliphatic carbocycles. The fourth-order valence-corrected chi connectivity index (χ4v) is 4.26. The Kier molecular flexibility index (Phi) is 6.53. The second-order valence-corrected chi connectivity index (χ2v) is 8.17. The van der Waals surface area contributed by atoms with Gasteiger partial charge in [-0.3, -0.25) is 4.90 Å². The molecule has 2 heteroatoms. The van der Waals surface area contributed by atoms with E-state index in [2.05, 4.69) is 46.4 Å². The van der Waals surface area contributed by atoms with E-state index in [1.165, 1.54) is 38.6 Å². The van der Waals surface area contributed by atoms with Gasteiger partial charge in [0.1, 0.15) is 0 Å². The predicted octanol–water partition coefficient (Wildman–Crippen LogP) is 4.57. The number of likely N-dealkylation sites (tertiary alicyclic amines) is 1. The van der Waals surface area contributed by atoms with Crippen molar-refractivity contribution >= 4 is 0 Å². The first kappa shape index (κ1) is 18.0. The van der Waals surface area contributed by atoms with E-state index in [4.69, 9.17) is 5.73 Å². The van der Waals surface area contributed by atoms with Crippen LogP contribution in [0.2, 0.25) is 0 Å². The summed E-state index contributed by atoms with van der Waals surface area (Å²) in [6.45, 7) is 15.4. The first-order valence-corrected chi connectivity index (χ1v) is 8.76. The summed E-state index contributed by atoms with van der Waals surface area (Å²) in [5.41, 5.74) is 6.75. The van der Waals surface area contributed by atoms with E-state index in [1.54, 1.807) is 0 Å². The van der Waals surface area contributed by atoms with E-state index < -0.39 is 0 Å². The maximum atomic E-state index is 6.28. The summed E-state index contributed by atoms with van der Waals surface area (Å²) in [5.74, 6) is 0.842. The second-order valence-electron chi connectivity index (χ2n) is 8.17. The average molecular weight is 283 g/mol. The normalized spacial score (nSPS) is 24.8. The predicted molar refractivity (Wildman–Crippen MR) is 90.0 cm³/mol. The van der Waals surface area contributed by atoms with E-state index in [1.807, 2.05) is 0 Å². The van der Waals surface area contributed by atoms with E-state index in [0.717, 1.165) is 18.8 Å². The number of nitrogens with two attached hydrogens (primary N) is 1. The van der Waals surface area contributed by atoms with Crippen LogP contribution < -0.4 is 5.73 Å². The fourth-order valence-electron chi connectivity index (χ4n) is 4.26. The monoisotopic (exact) mass is 282 g/mol.